The Labute approximate surface area is 138 Å². The Morgan fingerprint density at radius 2 is 2.30 bits per heavy atom. The summed E-state index contributed by atoms with van der Waals surface area (Å²) in [7, 11) is 0. The normalized spacial score (nSPS) is 14.7. The average Bonchev–Trinajstić information content (AvgIpc) is 3.19. The molecule has 0 bridgehead atoms. The van der Waals surface area contributed by atoms with Gasteiger partial charge in [-0.05, 0) is 20.3 Å². The van der Waals surface area contributed by atoms with Crippen LogP contribution in [0.5, 0.6) is 0 Å². The number of anilines is 2. The first-order valence-corrected chi connectivity index (χ1v) is 8.50. The maximum Gasteiger partial charge on any atom is 0.231 e. The first-order chi connectivity index (χ1) is 11.0. The minimum atomic E-state index is -0.142. The van der Waals surface area contributed by atoms with E-state index in [1.54, 1.807) is 21.8 Å². The third-order valence-corrected chi connectivity index (χ3v) is 4.52. The Morgan fingerprint density at radius 1 is 1.48 bits per heavy atom. The monoisotopic (exact) mass is 333 g/mol. The van der Waals surface area contributed by atoms with E-state index in [1.165, 1.54) is 11.3 Å². The van der Waals surface area contributed by atoms with Gasteiger partial charge in [0.05, 0.1) is 18.3 Å². The largest absolute Gasteiger partial charge is 0.311 e. The van der Waals surface area contributed by atoms with Crippen LogP contribution < -0.4 is 10.2 Å². The van der Waals surface area contributed by atoms with E-state index in [1.807, 2.05) is 19.2 Å². The van der Waals surface area contributed by atoms with Crippen molar-refractivity contribution in [2.45, 2.75) is 39.2 Å². The molecule has 3 heterocycles. The summed E-state index contributed by atoms with van der Waals surface area (Å²) in [5, 5.41) is 9.55. The van der Waals surface area contributed by atoms with Gasteiger partial charge in [-0.15, -0.1) is 11.3 Å². The van der Waals surface area contributed by atoms with Gasteiger partial charge in [0.2, 0.25) is 11.8 Å². The minimum absolute atomic E-state index is 0.108. The number of amides is 2. The maximum atomic E-state index is 12.2. The van der Waals surface area contributed by atoms with Crippen LogP contribution in [0.25, 0.3) is 0 Å². The topological polar surface area (TPSA) is 80.1 Å². The van der Waals surface area contributed by atoms with E-state index in [2.05, 4.69) is 15.4 Å². The lowest BCUT2D eigenvalue weighted by atomic mass is 10.3. The van der Waals surface area contributed by atoms with Crippen LogP contribution in [0.1, 0.15) is 38.4 Å². The predicted octanol–water partition coefficient (Wildman–Crippen LogP) is 2.23. The fraction of sp³-hybridized carbons (Fsp3) is 0.467. The second-order valence-corrected chi connectivity index (χ2v) is 6.59. The number of rotatable bonds is 5. The maximum absolute atomic E-state index is 12.2. The van der Waals surface area contributed by atoms with Gasteiger partial charge in [0.1, 0.15) is 5.82 Å². The van der Waals surface area contributed by atoms with Crippen molar-refractivity contribution in [3.63, 3.8) is 0 Å². The second-order valence-electron chi connectivity index (χ2n) is 5.75. The molecule has 0 aromatic carbocycles. The summed E-state index contributed by atoms with van der Waals surface area (Å²) < 4.78 is 1.76. The highest BCUT2D eigenvalue weighted by Gasteiger charge is 2.24. The minimum Gasteiger partial charge on any atom is -0.311 e. The molecule has 0 saturated carbocycles. The third kappa shape index (κ3) is 3.42. The molecule has 2 aromatic heterocycles. The first-order valence-electron chi connectivity index (χ1n) is 7.62. The van der Waals surface area contributed by atoms with Crippen LogP contribution in [0.4, 0.5) is 10.9 Å². The molecule has 0 spiro atoms. The van der Waals surface area contributed by atoms with Crippen molar-refractivity contribution in [1.29, 1.82) is 0 Å². The number of thiazole rings is 1. The molecule has 2 aromatic rings. The Balaban J connectivity index is 1.63. The molecule has 1 aliphatic rings. The highest BCUT2D eigenvalue weighted by Crippen LogP contribution is 2.25. The van der Waals surface area contributed by atoms with Gasteiger partial charge in [0, 0.05) is 30.5 Å². The molecule has 0 unspecified atom stereocenters. The Kier molecular flexibility index (Phi) is 4.42. The molecule has 1 saturated heterocycles. The highest BCUT2D eigenvalue weighted by molar-refractivity contribution is 7.14. The quantitative estimate of drug-likeness (QED) is 0.910. The van der Waals surface area contributed by atoms with Crippen LogP contribution in [0.15, 0.2) is 17.6 Å². The molecular formula is C15H19N5O2S. The molecule has 2 amide bonds. The molecule has 1 N–H and O–H groups in total. The summed E-state index contributed by atoms with van der Waals surface area (Å²) in [6.45, 7) is 4.72. The molecule has 7 nitrogen and oxygen atoms in total. The first kappa shape index (κ1) is 15.7. The van der Waals surface area contributed by atoms with Crippen LogP contribution in [0, 0.1) is 0 Å². The van der Waals surface area contributed by atoms with E-state index in [9.17, 15) is 9.59 Å². The fourth-order valence-corrected chi connectivity index (χ4v) is 3.40. The van der Waals surface area contributed by atoms with Gasteiger partial charge in [-0.25, -0.2) is 9.67 Å². The smallest absolute Gasteiger partial charge is 0.231 e. The van der Waals surface area contributed by atoms with Crippen LogP contribution >= 0.6 is 11.3 Å². The van der Waals surface area contributed by atoms with E-state index in [0.717, 1.165) is 6.42 Å². The van der Waals surface area contributed by atoms with Gasteiger partial charge in [-0.1, -0.05) is 0 Å². The molecule has 0 atom stereocenters. The Morgan fingerprint density at radius 3 is 3.00 bits per heavy atom. The lowest BCUT2D eigenvalue weighted by Gasteiger charge is -2.11. The van der Waals surface area contributed by atoms with Crippen LogP contribution in [-0.4, -0.2) is 33.1 Å². The zero-order chi connectivity index (χ0) is 16.4. The summed E-state index contributed by atoms with van der Waals surface area (Å²) >= 11 is 1.40. The fourth-order valence-electron chi connectivity index (χ4n) is 2.53. The molecular weight excluding hydrogens is 314 g/mol. The molecule has 122 valence electrons. The van der Waals surface area contributed by atoms with Gasteiger partial charge in [0.25, 0.3) is 0 Å². The van der Waals surface area contributed by atoms with Crippen molar-refractivity contribution in [2.75, 3.05) is 16.8 Å². The van der Waals surface area contributed by atoms with Gasteiger partial charge in [-0.2, -0.15) is 5.10 Å². The van der Waals surface area contributed by atoms with Crippen molar-refractivity contribution >= 4 is 34.1 Å². The molecule has 8 heteroatoms. The van der Waals surface area contributed by atoms with Gasteiger partial charge >= 0.3 is 0 Å². The standard InChI is InChI=1S/C15H19N5O2S/c1-10(2)20-12(5-6-16-20)18-13(21)8-11-9-23-15(17-11)19-7-3-4-14(19)22/h5-6,9-10H,3-4,7-8H2,1-2H3,(H,18,21). The van der Waals surface area contributed by atoms with E-state index in [-0.39, 0.29) is 24.3 Å². The summed E-state index contributed by atoms with van der Waals surface area (Å²) in [6, 6.07) is 1.94. The molecule has 1 aliphatic heterocycles. The predicted molar refractivity (Wildman–Crippen MR) is 88.6 cm³/mol. The summed E-state index contributed by atoms with van der Waals surface area (Å²) in [6.07, 6.45) is 3.29. The van der Waals surface area contributed by atoms with E-state index in [4.69, 9.17) is 0 Å². The number of carbonyl (C=O) groups is 2. The molecule has 1 fully saturated rings. The number of nitrogens with zero attached hydrogens (tertiary/aromatic N) is 4. The van der Waals surface area contributed by atoms with Crippen molar-refractivity contribution in [2.24, 2.45) is 0 Å². The number of nitrogens with one attached hydrogen (secondary N) is 1. The highest BCUT2D eigenvalue weighted by atomic mass is 32.1. The van der Waals surface area contributed by atoms with Crippen LogP contribution in [-0.2, 0) is 16.0 Å². The molecule has 23 heavy (non-hydrogen) atoms. The number of aromatic nitrogens is 3. The Bertz CT molecular complexity index is 721. The number of hydrogen-bond donors (Lipinski definition) is 1. The molecule has 0 aliphatic carbocycles. The zero-order valence-corrected chi connectivity index (χ0v) is 14.0. The summed E-state index contributed by atoms with van der Waals surface area (Å²) in [4.78, 5) is 30.0. The lowest BCUT2D eigenvalue weighted by molar-refractivity contribution is -0.117. The van der Waals surface area contributed by atoms with E-state index < -0.39 is 0 Å². The van der Waals surface area contributed by atoms with Crippen molar-refractivity contribution in [3.05, 3.63) is 23.3 Å². The van der Waals surface area contributed by atoms with Crippen LogP contribution in [0.2, 0.25) is 0 Å². The van der Waals surface area contributed by atoms with Gasteiger partial charge < -0.3 is 5.32 Å². The van der Waals surface area contributed by atoms with E-state index in [0.29, 0.717) is 29.6 Å². The van der Waals surface area contributed by atoms with Crippen molar-refractivity contribution < 1.29 is 9.59 Å². The van der Waals surface area contributed by atoms with Gasteiger partial charge in [-0.3, -0.25) is 14.5 Å². The number of hydrogen-bond acceptors (Lipinski definition) is 5. The van der Waals surface area contributed by atoms with E-state index >= 15 is 0 Å². The van der Waals surface area contributed by atoms with Crippen molar-refractivity contribution in [1.82, 2.24) is 14.8 Å². The molecule has 0 radical (unpaired) electrons. The average molecular weight is 333 g/mol. The lowest BCUT2D eigenvalue weighted by Crippen LogP contribution is -2.23. The third-order valence-electron chi connectivity index (χ3n) is 3.61. The second kappa shape index (κ2) is 6.49. The SMILES string of the molecule is CC(C)n1nccc1NC(=O)Cc1csc(N2CCCC2=O)n1. The number of carbonyl (C=O) groups excluding carboxylic acids is 2. The van der Waals surface area contributed by atoms with Crippen molar-refractivity contribution in [3.8, 4) is 0 Å². The molecule has 3 rings (SSSR count). The summed E-state index contributed by atoms with van der Waals surface area (Å²) in [5.41, 5.74) is 0.679. The van der Waals surface area contributed by atoms with Crippen LogP contribution in [0.3, 0.4) is 0 Å². The zero-order valence-electron chi connectivity index (χ0n) is 13.2. The summed E-state index contributed by atoms with van der Waals surface area (Å²) in [5.74, 6) is 0.642. The van der Waals surface area contributed by atoms with Gasteiger partial charge in [0.15, 0.2) is 5.13 Å². The Hall–Kier alpha value is -2.22.